The third kappa shape index (κ3) is 4.80. The Morgan fingerprint density at radius 3 is 2.47 bits per heavy atom. The van der Waals surface area contributed by atoms with Crippen LogP contribution in [-0.4, -0.2) is 65.8 Å². The topological polar surface area (TPSA) is 130 Å². The molecule has 1 aliphatic heterocycles. The molecule has 3 heterocycles. The predicted molar refractivity (Wildman–Crippen MR) is 120 cm³/mol. The Labute approximate surface area is 196 Å². The van der Waals surface area contributed by atoms with Crippen molar-refractivity contribution in [2.45, 2.75) is 30.9 Å². The Kier molecular flexibility index (Phi) is 6.93. The van der Waals surface area contributed by atoms with Gasteiger partial charge in [0.15, 0.2) is 5.82 Å². The number of nitrogens with one attached hydrogen (secondary N) is 1. The number of anilines is 1. The van der Waals surface area contributed by atoms with E-state index in [2.05, 4.69) is 24.9 Å². The van der Waals surface area contributed by atoms with Gasteiger partial charge in [0.1, 0.15) is 28.8 Å². The second-order valence-electron chi connectivity index (χ2n) is 7.77. The molecule has 0 amide bonds. The fraction of sp³-hybridized carbons (Fsp3) is 0.429. The van der Waals surface area contributed by atoms with Crippen molar-refractivity contribution in [1.29, 1.82) is 0 Å². The third-order valence-corrected chi connectivity index (χ3v) is 7.21. The van der Waals surface area contributed by atoms with E-state index < -0.39 is 21.1 Å². The molecule has 0 bridgehead atoms. The lowest BCUT2D eigenvalue weighted by Gasteiger charge is -2.20. The van der Waals surface area contributed by atoms with Crippen molar-refractivity contribution < 1.29 is 27.0 Å². The number of ether oxygens (including phenoxy) is 3. The number of hydrogen-bond donors (Lipinski definition) is 1. The number of sulfonamides is 1. The van der Waals surface area contributed by atoms with Gasteiger partial charge in [-0.2, -0.15) is 0 Å². The van der Waals surface area contributed by atoms with Crippen LogP contribution in [0.1, 0.15) is 30.9 Å². The molecule has 0 saturated carbocycles. The summed E-state index contributed by atoms with van der Waals surface area (Å²) in [6, 6.07) is 5.23. The van der Waals surface area contributed by atoms with E-state index in [1.165, 1.54) is 21.1 Å². The van der Waals surface area contributed by atoms with Gasteiger partial charge in [0.05, 0.1) is 38.5 Å². The molecule has 0 radical (unpaired) electrons. The first kappa shape index (κ1) is 23.8. The van der Waals surface area contributed by atoms with Crippen molar-refractivity contribution in [1.82, 2.24) is 24.7 Å². The van der Waals surface area contributed by atoms with Crippen LogP contribution in [0.4, 0.5) is 10.3 Å². The quantitative estimate of drug-likeness (QED) is 0.477. The van der Waals surface area contributed by atoms with E-state index in [9.17, 15) is 12.8 Å². The van der Waals surface area contributed by atoms with Crippen molar-refractivity contribution in [3.63, 3.8) is 0 Å². The summed E-state index contributed by atoms with van der Waals surface area (Å²) in [4.78, 5) is 7.69. The fourth-order valence-electron chi connectivity index (χ4n) is 3.68. The maximum absolute atomic E-state index is 13.2. The number of halogens is 1. The summed E-state index contributed by atoms with van der Waals surface area (Å²) < 4.78 is 60.2. The summed E-state index contributed by atoms with van der Waals surface area (Å²) in [7, 11) is -0.942. The highest BCUT2D eigenvalue weighted by atomic mass is 32.2. The average molecular weight is 493 g/mol. The lowest BCUT2D eigenvalue weighted by atomic mass is 10.1. The molecule has 1 N–H and O–H groups in total. The van der Waals surface area contributed by atoms with Gasteiger partial charge in [-0.1, -0.05) is 6.07 Å². The SMILES string of the molecule is COc1cccc(OC)c1-n1c(NS(=O)(=O)C(C)Cc2ncc(F)cn2)nnc1[C@@H]1CCOC1. The summed E-state index contributed by atoms with van der Waals surface area (Å²) in [5, 5.41) is 7.50. The molecule has 3 aromatic rings. The highest BCUT2D eigenvalue weighted by molar-refractivity contribution is 7.93. The largest absolute Gasteiger partial charge is 0.494 e. The number of para-hydroxylation sites is 1. The van der Waals surface area contributed by atoms with Crippen LogP contribution in [0, 0.1) is 5.82 Å². The van der Waals surface area contributed by atoms with Gasteiger partial charge in [-0.15, -0.1) is 10.2 Å². The van der Waals surface area contributed by atoms with Gasteiger partial charge in [0.2, 0.25) is 16.0 Å². The van der Waals surface area contributed by atoms with Crippen molar-refractivity contribution in [2.24, 2.45) is 0 Å². The van der Waals surface area contributed by atoms with E-state index in [0.29, 0.717) is 42.6 Å². The van der Waals surface area contributed by atoms with Gasteiger partial charge >= 0.3 is 0 Å². The minimum Gasteiger partial charge on any atom is -0.494 e. The molecule has 2 aromatic heterocycles. The number of nitrogens with zero attached hydrogens (tertiary/aromatic N) is 5. The standard InChI is InChI=1S/C21H25FN6O5S/c1-13(9-18-23-10-15(22)11-24-18)34(29,30)27-21-26-25-20(14-7-8-33-12-14)28(21)19-16(31-2)5-4-6-17(19)32-3/h4-6,10-11,13-14H,7-9,12H2,1-3H3,(H,26,27)/t13?,14-/m1/s1. The van der Waals surface area contributed by atoms with Crippen LogP contribution in [0.2, 0.25) is 0 Å². The lowest BCUT2D eigenvalue weighted by molar-refractivity contribution is 0.193. The fourth-order valence-corrected chi connectivity index (χ4v) is 4.63. The number of aromatic nitrogens is 5. The number of benzene rings is 1. The Hall–Kier alpha value is -3.32. The molecule has 1 unspecified atom stereocenters. The average Bonchev–Trinajstić information content (AvgIpc) is 3.49. The minimum atomic E-state index is -3.96. The molecule has 0 spiro atoms. The van der Waals surface area contributed by atoms with Crippen LogP contribution in [0.3, 0.4) is 0 Å². The molecule has 1 fully saturated rings. The summed E-state index contributed by atoms with van der Waals surface area (Å²) in [5.74, 6) is 0.921. The van der Waals surface area contributed by atoms with E-state index >= 15 is 0 Å². The van der Waals surface area contributed by atoms with E-state index in [4.69, 9.17) is 14.2 Å². The predicted octanol–water partition coefficient (Wildman–Crippen LogP) is 2.09. The summed E-state index contributed by atoms with van der Waals surface area (Å²) in [6.45, 7) is 2.50. The molecule has 0 aliphatic carbocycles. The molecular formula is C21H25FN6O5S. The summed E-state index contributed by atoms with van der Waals surface area (Å²) >= 11 is 0. The zero-order chi connectivity index (χ0) is 24.3. The first-order valence-electron chi connectivity index (χ1n) is 10.6. The Balaban J connectivity index is 1.73. The van der Waals surface area contributed by atoms with Gasteiger partial charge in [-0.25, -0.2) is 22.8 Å². The summed E-state index contributed by atoms with van der Waals surface area (Å²) in [5.41, 5.74) is 0.464. The molecule has 4 rings (SSSR count). The third-order valence-electron chi connectivity index (χ3n) is 5.52. The van der Waals surface area contributed by atoms with Gasteiger partial charge < -0.3 is 14.2 Å². The second kappa shape index (κ2) is 9.89. The molecule has 11 nitrogen and oxygen atoms in total. The van der Waals surface area contributed by atoms with Crippen LogP contribution in [0.5, 0.6) is 11.5 Å². The maximum atomic E-state index is 13.2. The molecule has 1 aromatic carbocycles. The van der Waals surface area contributed by atoms with Crippen LogP contribution in [0.15, 0.2) is 30.6 Å². The lowest BCUT2D eigenvalue weighted by Crippen LogP contribution is -2.29. The Morgan fingerprint density at radius 1 is 1.21 bits per heavy atom. The van der Waals surface area contributed by atoms with Crippen molar-refractivity contribution >= 4 is 16.0 Å². The van der Waals surface area contributed by atoms with E-state index in [-0.39, 0.29) is 24.1 Å². The van der Waals surface area contributed by atoms with Gasteiger partial charge in [0.25, 0.3) is 0 Å². The van der Waals surface area contributed by atoms with Crippen LogP contribution < -0.4 is 14.2 Å². The first-order chi connectivity index (χ1) is 16.3. The first-order valence-corrected chi connectivity index (χ1v) is 12.1. The van der Waals surface area contributed by atoms with Crippen LogP contribution in [0.25, 0.3) is 5.69 Å². The molecule has 182 valence electrons. The zero-order valence-corrected chi connectivity index (χ0v) is 19.7. The Morgan fingerprint density at radius 2 is 1.88 bits per heavy atom. The zero-order valence-electron chi connectivity index (χ0n) is 18.9. The van der Waals surface area contributed by atoms with Crippen molar-refractivity contribution in [3.05, 3.63) is 48.1 Å². The van der Waals surface area contributed by atoms with E-state index in [0.717, 1.165) is 12.4 Å². The maximum Gasteiger partial charge on any atom is 0.243 e. The van der Waals surface area contributed by atoms with Crippen LogP contribution in [-0.2, 0) is 21.2 Å². The van der Waals surface area contributed by atoms with Gasteiger partial charge in [-0.3, -0.25) is 9.29 Å². The molecule has 13 heteroatoms. The molecule has 1 saturated heterocycles. The van der Waals surface area contributed by atoms with E-state index in [1.54, 1.807) is 22.8 Å². The van der Waals surface area contributed by atoms with Gasteiger partial charge in [0, 0.05) is 18.9 Å². The highest BCUT2D eigenvalue weighted by Gasteiger charge is 2.31. The smallest absolute Gasteiger partial charge is 0.243 e. The molecular weight excluding hydrogens is 467 g/mol. The number of rotatable bonds is 9. The molecule has 1 aliphatic rings. The monoisotopic (exact) mass is 492 g/mol. The molecule has 34 heavy (non-hydrogen) atoms. The minimum absolute atomic E-state index is 0.0171. The number of hydrogen-bond acceptors (Lipinski definition) is 9. The molecule has 2 atom stereocenters. The second-order valence-corrected chi connectivity index (χ2v) is 9.87. The normalized spacial score (nSPS) is 16.9. The van der Waals surface area contributed by atoms with Gasteiger partial charge in [-0.05, 0) is 25.5 Å². The highest BCUT2D eigenvalue weighted by Crippen LogP contribution is 2.38. The van der Waals surface area contributed by atoms with E-state index in [1.807, 2.05) is 0 Å². The van der Waals surface area contributed by atoms with Crippen molar-refractivity contribution in [2.75, 3.05) is 32.2 Å². The van der Waals surface area contributed by atoms with Crippen LogP contribution >= 0.6 is 0 Å². The van der Waals surface area contributed by atoms with Crippen molar-refractivity contribution in [3.8, 4) is 17.2 Å². The Bertz CT molecular complexity index is 1220. The number of methoxy groups -OCH3 is 2. The summed E-state index contributed by atoms with van der Waals surface area (Å²) in [6.07, 6.45) is 2.68.